The third kappa shape index (κ3) is 6.84. The van der Waals surface area contributed by atoms with E-state index in [1.54, 1.807) is 35.2 Å². The number of methoxy groups -OCH3 is 1. The maximum atomic E-state index is 14.0. The Morgan fingerprint density at radius 2 is 1.78 bits per heavy atom. The van der Waals surface area contributed by atoms with Gasteiger partial charge in [-0.25, -0.2) is 4.98 Å². The number of esters is 1. The summed E-state index contributed by atoms with van der Waals surface area (Å²) in [5.41, 5.74) is 1.24. The maximum absolute atomic E-state index is 14.0. The Balaban J connectivity index is 1.82. The number of hydrogen-bond donors (Lipinski definition) is 0. The second kappa shape index (κ2) is 13.5. The highest BCUT2D eigenvalue weighted by molar-refractivity contribution is 5.95. The highest BCUT2D eigenvalue weighted by Crippen LogP contribution is 2.27. The van der Waals surface area contributed by atoms with Gasteiger partial charge in [0.15, 0.2) is 0 Å². The van der Waals surface area contributed by atoms with Crippen LogP contribution in [0.25, 0.3) is 10.9 Å². The van der Waals surface area contributed by atoms with E-state index in [1.165, 1.54) is 29.9 Å². The average molecular weight is 557 g/mol. The summed E-state index contributed by atoms with van der Waals surface area (Å²) in [6.07, 6.45) is 1.42. The highest BCUT2D eigenvalue weighted by Gasteiger charge is 2.30. The number of fused-ring (bicyclic) bond motifs is 1. The number of nitro benzene ring substituents is 1. The number of hydrogen-bond acceptors (Lipinski definition) is 7. The molecule has 1 atom stereocenters. The van der Waals surface area contributed by atoms with Gasteiger partial charge in [0.2, 0.25) is 0 Å². The Morgan fingerprint density at radius 1 is 1.05 bits per heavy atom. The largest absolute Gasteiger partial charge is 0.469 e. The second-order valence-electron chi connectivity index (χ2n) is 9.59. The molecule has 1 unspecified atom stereocenters. The van der Waals surface area contributed by atoms with E-state index in [0.29, 0.717) is 36.0 Å². The summed E-state index contributed by atoms with van der Waals surface area (Å²) in [5, 5.41) is 11.9. The molecule has 0 spiro atoms. The molecule has 3 aromatic carbocycles. The SMILES string of the molecule is CCC(c1nc2ccccc2c(=O)n1CCCC(=O)OC)N(CCc1ccccc1)C(=O)c1cccc([N+](=O)[O-])c1. The third-order valence-electron chi connectivity index (χ3n) is 6.99. The number of amides is 1. The van der Waals surface area contributed by atoms with Crippen LogP contribution in [0.4, 0.5) is 5.69 Å². The fourth-order valence-corrected chi connectivity index (χ4v) is 4.89. The molecular formula is C31H32N4O6. The minimum atomic E-state index is -0.624. The predicted octanol–water partition coefficient (Wildman–Crippen LogP) is 5.09. The van der Waals surface area contributed by atoms with Crippen molar-refractivity contribution in [1.29, 1.82) is 0 Å². The Kier molecular flexibility index (Phi) is 9.57. The zero-order valence-corrected chi connectivity index (χ0v) is 23.1. The van der Waals surface area contributed by atoms with E-state index in [2.05, 4.69) is 0 Å². The van der Waals surface area contributed by atoms with E-state index in [-0.39, 0.29) is 42.3 Å². The van der Waals surface area contributed by atoms with Gasteiger partial charge >= 0.3 is 5.97 Å². The summed E-state index contributed by atoms with van der Waals surface area (Å²) in [5.74, 6) is -0.390. The topological polar surface area (TPSA) is 125 Å². The molecule has 10 nitrogen and oxygen atoms in total. The summed E-state index contributed by atoms with van der Waals surface area (Å²) in [6, 6.07) is 21.7. The van der Waals surface area contributed by atoms with Crippen LogP contribution < -0.4 is 5.56 Å². The first-order valence-corrected chi connectivity index (χ1v) is 13.5. The number of non-ortho nitro benzene ring substituents is 1. The predicted molar refractivity (Wildman–Crippen MR) is 155 cm³/mol. The summed E-state index contributed by atoms with van der Waals surface area (Å²) < 4.78 is 6.30. The van der Waals surface area contributed by atoms with E-state index >= 15 is 0 Å². The summed E-state index contributed by atoms with van der Waals surface area (Å²) in [6.45, 7) is 2.39. The van der Waals surface area contributed by atoms with Crippen molar-refractivity contribution in [1.82, 2.24) is 14.5 Å². The second-order valence-corrected chi connectivity index (χ2v) is 9.59. The summed E-state index contributed by atoms with van der Waals surface area (Å²) in [4.78, 5) is 57.0. The molecule has 4 rings (SSSR count). The van der Waals surface area contributed by atoms with Crippen LogP contribution in [0.15, 0.2) is 83.7 Å². The van der Waals surface area contributed by atoms with Crippen molar-refractivity contribution < 1.29 is 19.2 Å². The average Bonchev–Trinajstić information content (AvgIpc) is 3.00. The summed E-state index contributed by atoms with van der Waals surface area (Å²) >= 11 is 0. The minimum Gasteiger partial charge on any atom is -0.469 e. The van der Waals surface area contributed by atoms with E-state index in [1.807, 2.05) is 37.3 Å². The van der Waals surface area contributed by atoms with E-state index in [9.17, 15) is 24.5 Å². The van der Waals surface area contributed by atoms with Crippen molar-refractivity contribution in [2.45, 2.75) is 45.2 Å². The Morgan fingerprint density at radius 3 is 2.49 bits per heavy atom. The standard InChI is InChI=1S/C31H32N4O6/c1-3-27(29-32-26-16-8-7-15-25(26)31(38)34(29)19-10-17-28(36)41-2)33(20-18-22-11-5-4-6-12-22)30(37)23-13-9-14-24(21-23)35(39)40/h4-9,11-16,21,27H,3,10,17-20H2,1-2H3. The van der Waals surface area contributed by atoms with Gasteiger partial charge in [-0.05, 0) is 43.0 Å². The molecule has 0 saturated carbocycles. The van der Waals surface area contributed by atoms with Crippen molar-refractivity contribution in [3.63, 3.8) is 0 Å². The number of carbonyl (C=O) groups excluding carboxylic acids is 2. The van der Waals surface area contributed by atoms with Crippen molar-refractivity contribution in [3.8, 4) is 0 Å². The van der Waals surface area contributed by atoms with E-state index in [4.69, 9.17) is 9.72 Å². The maximum Gasteiger partial charge on any atom is 0.305 e. The Hall–Kier alpha value is -4.86. The first-order valence-electron chi connectivity index (χ1n) is 13.5. The van der Waals surface area contributed by atoms with Crippen LogP contribution in [0.3, 0.4) is 0 Å². The molecule has 0 aliphatic heterocycles. The molecule has 4 aromatic rings. The van der Waals surface area contributed by atoms with Crippen LogP contribution in [0.2, 0.25) is 0 Å². The molecule has 0 aliphatic carbocycles. The fourth-order valence-electron chi connectivity index (χ4n) is 4.89. The molecule has 0 aliphatic rings. The van der Waals surface area contributed by atoms with Crippen LogP contribution in [-0.4, -0.2) is 44.9 Å². The molecule has 0 radical (unpaired) electrons. The number of benzene rings is 3. The number of aromatic nitrogens is 2. The lowest BCUT2D eigenvalue weighted by atomic mass is 10.1. The molecular weight excluding hydrogens is 524 g/mol. The van der Waals surface area contributed by atoms with Gasteiger partial charge in [-0.2, -0.15) is 0 Å². The third-order valence-corrected chi connectivity index (χ3v) is 6.99. The number of para-hydroxylation sites is 1. The molecule has 0 N–H and O–H groups in total. The monoisotopic (exact) mass is 556 g/mol. The van der Waals surface area contributed by atoms with Crippen LogP contribution in [0.5, 0.6) is 0 Å². The molecule has 0 saturated heterocycles. The summed E-state index contributed by atoms with van der Waals surface area (Å²) in [7, 11) is 1.31. The smallest absolute Gasteiger partial charge is 0.305 e. The van der Waals surface area contributed by atoms with Gasteiger partial charge < -0.3 is 9.64 Å². The number of carbonyl (C=O) groups is 2. The van der Waals surface area contributed by atoms with Crippen molar-refractivity contribution >= 4 is 28.5 Å². The van der Waals surface area contributed by atoms with E-state index in [0.717, 1.165) is 5.56 Å². The number of ether oxygens (including phenoxy) is 1. The van der Waals surface area contributed by atoms with Crippen LogP contribution in [0, 0.1) is 10.1 Å². The Bertz CT molecular complexity index is 1600. The quantitative estimate of drug-likeness (QED) is 0.135. The number of nitrogens with zero attached hydrogens (tertiary/aromatic N) is 4. The van der Waals surface area contributed by atoms with Crippen molar-refractivity contribution in [2.75, 3.05) is 13.7 Å². The van der Waals surface area contributed by atoms with Gasteiger partial charge in [-0.15, -0.1) is 0 Å². The van der Waals surface area contributed by atoms with Crippen molar-refractivity contribution in [3.05, 3.63) is 116 Å². The number of rotatable bonds is 12. The molecule has 0 fully saturated rings. The molecule has 1 heterocycles. The molecule has 0 bridgehead atoms. The lowest BCUT2D eigenvalue weighted by Crippen LogP contribution is -2.40. The fraction of sp³-hybridized carbons (Fsp3) is 0.290. The highest BCUT2D eigenvalue weighted by atomic mass is 16.6. The van der Waals surface area contributed by atoms with Crippen LogP contribution in [0.1, 0.15) is 54.0 Å². The lowest BCUT2D eigenvalue weighted by Gasteiger charge is -2.32. The minimum absolute atomic E-state index is 0.121. The van der Waals surface area contributed by atoms with Gasteiger partial charge in [0.05, 0.1) is 29.0 Å². The number of nitro groups is 1. The van der Waals surface area contributed by atoms with Gasteiger partial charge in [0, 0.05) is 37.2 Å². The first-order chi connectivity index (χ1) is 19.8. The molecule has 41 heavy (non-hydrogen) atoms. The van der Waals surface area contributed by atoms with Gasteiger partial charge in [-0.1, -0.05) is 55.5 Å². The lowest BCUT2D eigenvalue weighted by molar-refractivity contribution is -0.384. The van der Waals surface area contributed by atoms with Crippen LogP contribution in [-0.2, 0) is 22.5 Å². The molecule has 10 heteroatoms. The van der Waals surface area contributed by atoms with Crippen LogP contribution >= 0.6 is 0 Å². The molecule has 212 valence electrons. The first kappa shape index (κ1) is 29.1. The van der Waals surface area contributed by atoms with E-state index < -0.39 is 16.9 Å². The van der Waals surface area contributed by atoms with Gasteiger partial charge in [-0.3, -0.25) is 29.1 Å². The van der Waals surface area contributed by atoms with Gasteiger partial charge in [0.1, 0.15) is 5.82 Å². The zero-order valence-electron chi connectivity index (χ0n) is 23.1. The van der Waals surface area contributed by atoms with Crippen molar-refractivity contribution in [2.24, 2.45) is 0 Å². The Labute approximate surface area is 237 Å². The molecule has 1 aromatic heterocycles. The normalized spacial score (nSPS) is 11.7. The van der Waals surface area contributed by atoms with Gasteiger partial charge in [0.25, 0.3) is 17.2 Å². The zero-order chi connectivity index (χ0) is 29.4. The molecule has 1 amide bonds.